The molecule has 7 heteroatoms. The van der Waals surface area contributed by atoms with Crippen molar-refractivity contribution in [2.24, 2.45) is 0 Å². The molecule has 0 aromatic carbocycles. The first kappa shape index (κ1) is 16.8. The van der Waals surface area contributed by atoms with Gasteiger partial charge >= 0.3 is 0 Å². The number of hydrogen-bond acceptors (Lipinski definition) is 6. The molecule has 4 aromatic rings. The van der Waals surface area contributed by atoms with Crippen LogP contribution >= 0.6 is 23.1 Å². The predicted octanol–water partition coefficient (Wildman–Crippen LogP) is 5.06. The number of nitrogens with zero attached hydrogens (tertiary/aromatic N) is 2. The van der Waals surface area contributed by atoms with E-state index in [2.05, 4.69) is 9.97 Å². The lowest BCUT2D eigenvalue weighted by Crippen LogP contribution is -2.09. The van der Waals surface area contributed by atoms with E-state index in [1.54, 1.807) is 17.5 Å². The first-order valence-electron chi connectivity index (χ1n) is 9.01. The lowest BCUT2D eigenvalue weighted by Gasteiger charge is -2.00. The van der Waals surface area contributed by atoms with Crippen molar-refractivity contribution < 1.29 is 4.42 Å². The fraction of sp³-hybridized carbons (Fsp3) is 0.250. The molecule has 1 aliphatic rings. The van der Waals surface area contributed by atoms with E-state index in [4.69, 9.17) is 9.40 Å². The Hall–Kier alpha value is -2.38. The number of fused-ring (bicyclic) bond motifs is 3. The molecule has 1 N–H and O–H groups in total. The molecule has 1 aliphatic carbocycles. The summed E-state index contributed by atoms with van der Waals surface area (Å²) >= 11 is 3.10. The summed E-state index contributed by atoms with van der Waals surface area (Å²) in [5, 5.41) is 2.35. The number of thiophene rings is 1. The molecule has 136 valence electrons. The average molecular weight is 396 g/mol. The summed E-state index contributed by atoms with van der Waals surface area (Å²) in [6, 6.07) is 9.46. The second-order valence-corrected chi connectivity index (χ2v) is 8.66. The summed E-state index contributed by atoms with van der Waals surface area (Å²) in [5.74, 6) is 1.05. The molecule has 0 saturated heterocycles. The molecule has 0 atom stereocenters. The van der Waals surface area contributed by atoms with Crippen LogP contribution in [-0.2, 0) is 12.8 Å². The fourth-order valence-electron chi connectivity index (χ4n) is 3.47. The van der Waals surface area contributed by atoms with E-state index in [1.165, 1.54) is 35.0 Å². The van der Waals surface area contributed by atoms with Crippen LogP contribution in [0.5, 0.6) is 0 Å². The van der Waals surface area contributed by atoms with Crippen LogP contribution in [0.2, 0.25) is 0 Å². The molecular formula is C20H17N3O2S2. The molecule has 0 fully saturated rings. The van der Waals surface area contributed by atoms with Gasteiger partial charge < -0.3 is 9.40 Å². The molecule has 0 unspecified atom stereocenters. The number of furan rings is 1. The number of rotatable bonds is 3. The van der Waals surface area contributed by atoms with Crippen molar-refractivity contribution in [3.05, 3.63) is 57.3 Å². The maximum absolute atomic E-state index is 12.8. The molecule has 0 bridgehead atoms. The van der Waals surface area contributed by atoms with E-state index in [9.17, 15) is 4.79 Å². The molecule has 0 radical (unpaired) electrons. The van der Waals surface area contributed by atoms with Crippen LogP contribution in [0, 0.1) is 0 Å². The first-order valence-corrected chi connectivity index (χ1v) is 10.6. The highest BCUT2D eigenvalue weighted by Gasteiger charge is 2.20. The third-order valence-corrected chi connectivity index (χ3v) is 6.79. The minimum absolute atomic E-state index is 0.0651. The monoisotopic (exact) mass is 395 g/mol. The summed E-state index contributed by atoms with van der Waals surface area (Å²) in [6.07, 6.45) is 7.35. The van der Waals surface area contributed by atoms with Crippen molar-refractivity contribution in [2.75, 3.05) is 0 Å². The van der Waals surface area contributed by atoms with Gasteiger partial charge in [-0.15, -0.1) is 11.3 Å². The topological polar surface area (TPSA) is 71.8 Å². The number of aryl methyl sites for hydroxylation is 2. The molecule has 0 amide bonds. The largest absolute Gasteiger partial charge is 0.446 e. The third kappa shape index (κ3) is 3.21. The van der Waals surface area contributed by atoms with Gasteiger partial charge in [-0.1, -0.05) is 12.5 Å². The highest BCUT2D eigenvalue weighted by Crippen LogP contribution is 2.35. The van der Waals surface area contributed by atoms with Gasteiger partial charge in [0.15, 0.2) is 16.7 Å². The summed E-state index contributed by atoms with van der Waals surface area (Å²) < 4.78 is 5.89. The van der Waals surface area contributed by atoms with Gasteiger partial charge in [-0.05, 0) is 67.3 Å². The van der Waals surface area contributed by atoms with Gasteiger partial charge in [0, 0.05) is 11.1 Å². The Balaban J connectivity index is 1.51. The minimum Gasteiger partial charge on any atom is -0.446 e. The summed E-state index contributed by atoms with van der Waals surface area (Å²) in [5.41, 5.74) is 1.14. The Labute approximate surface area is 163 Å². The molecule has 0 aliphatic heterocycles. The van der Waals surface area contributed by atoms with E-state index in [0.717, 1.165) is 34.5 Å². The Morgan fingerprint density at radius 1 is 1.11 bits per heavy atom. The molecule has 5 rings (SSSR count). The van der Waals surface area contributed by atoms with E-state index in [1.807, 2.05) is 30.3 Å². The molecule has 4 aromatic heterocycles. The Bertz CT molecular complexity index is 1160. The van der Waals surface area contributed by atoms with Gasteiger partial charge in [-0.2, -0.15) is 0 Å². The van der Waals surface area contributed by atoms with Crippen LogP contribution in [0.15, 0.2) is 55.9 Å². The Morgan fingerprint density at radius 2 is 2.04 bits per heavy atom. The van der Waals surface area contributed by atoms with E-state index in [0.29, 0.717) is 16.7 Å². The summed E-state index contributed by atoms with van der Waals surface area (Å²) in [4.78, 5) is 26.8. The van der Waals surface area contributed by atoms with Gasteiger partial charge in [-0.25, -0.2) is 9.97 Å². The van der Waals surface area contributed by atoms with Crippen LogP contribution < -0.4 is 5.56 Å². The number of aromatic amines is 1. The number of H-pyrrole nitrogens is 1. The summed E-state index contributed by atoms with van der Waals surface area (Å²) in [6.45, 7) is 0. The number of pyridine rings is 1. The Kier molecular flexibility index (Phi) is 4.33. The van der Waals surface area contributed by atoms with Gasteiger partial charge in [0.05, 0.1) is 5.39 Å². The van der Waals surface area contributed by atoms with Gasteiger partial charge in [-0.3, -0.25) is 4.79 Å². The van der Waals surface area contributed by atoms with Crippen molar-refractivity contribution in [1.82, 2.24) is 15.0 Å². The van der Waals surface area contributed by atoms with Crippen LogP contribution in [-0.4, -0.2) is 15.0 Å². The second kappa shape index (κ2) is 6.98. The van der Waals surface area contributed by atoms with E-state index in [-0.39, 0.29) is 5.56 Å². The molecular weight excluding hydrogens is 378 g/mol. The zero-order chi connectivity index (χ0) is 18.2. The molecule has 4 heterocycles. The zero-order valence-corrected chi connectivity index (χ0v) is 16.2. The molecule has 0 spiro atoms. The normalized spacial score (nSPS) is 14.2. The van der Waals surface area contributed by atoms with Gasteiger partial charge in [0.25, 0.3) is 5.56 Å². The van der Waals surface area contributed by atoms with Crippen LogP contribution in [0.25, 0.3) is 21.8 Å². The van der Waals surface area contributed by atoms with Crippen LogP contribution in [0.1, 0.15) is 29.7 Å². The fourth-order valence-corrected chi connectivity index (χ4v) is 5.47. The minimum atomic E-state index is -0.0651. The highest BCUT2D eigenvalue weighted by molar-refractivity contribution is 7.99. The quantitative estimate of drug-likeness (QED) is 0.491. The lowest BCUT2D eigenvalue weighted by atomic mass is 10.1. The smallest absolute Gasteiger partial charge is 0.260 e. The average Bonchev–Trinajstić information content (AvgIpc) is 3.21. The maximum atomic E-state index is 12.8. The Morgan fingerprint density at radius 3 is 2.93 bits per heavy atom. The van der Waals surface area contributed by atoms with E-state index >= 15 is 0 Å². The highest BCUT2D eigenvalue weighted by atomic mass is 32.2. The van der Waals surface area contributed by atoms with Gasteiger partial charge in [0.1, 0.15) is 9.86 Å². The third-order valence-electron chi connectivity index (χ3n) is 4.73. The van der Waals surface area contributed by atoms with Crippen molar-refractivity contribution in [2.45, 2.75) is 42.2 Å². The zero-order valence-electron chi connectivity index (χ0n) is 14.5. The number of nitrogens with one attached hydrogen (secondary N) is 1. The first-order chi connectivity index (χ1) is 13.3. The maximum Gasteiger partial charge on any atom is 0.260 e. The number of hydrogen-bond donors (Lipinski definition) is 1. The van der Waals surface area contributed by atoms with Crippen molar-refractivity contribution in [1.29, 1.82) is 0 Å². The summed E-state index contributed by atoms with van der Waals surface area (Å²) in [7, 11) is 0. The molecule has 0 saturated carbocycles. The van der Waals surface area contributed by atoms with Gasteiger partial charge in [0.2, 0.25) is 0 Å². The van der Waals surface area contributed by atoms with Crippen molar-refractivity contribution in [3.63, 3.8) is 0 Å². The molecule has 27 heavy (non-hydrogen) atoms. The molecule has 5 nitrogen and oxygen atoms in total. The standard InChI is InChI=1S/C20H17N3O2S2/c24-19-17-12-6-2-1-3-7-14(12)26-20(17)23-18(22-19)13-9-10-16(25-13)27-15-8-4-5-11-21-15/h4-5,8-11H,1-3,6-7H2,(H,22,23,24). The van der Waals surface area contributed by atoms with Crippen molar-refractivity contribution in [3.8, 4) is 11.6 Å². The van der Waals surface area contributed by atoms with Crippen LogP contribution in [0.3, 0.4) is 0 Å². The predicted molar refractivity (Wildman–Crippen MR) is 108 cm³/mol. The SMILES string of the molecule is O=c1[nH]c(-c2ccc(Sc3ccccn3)o2)nc2sc3c(c12)CCCCC3. The van der Waals surface area contributed by atoms with Crippen LogP contribution in [0.4, 0.5) is 0 Å². The second-order valence-electron chi connectivity index (χ2n) is 6.55. The number of aromatic nitrogens is 3. The lowest BCUT2D eigenvalue weighted by molar-refractivity contribution is 0.484. The van der Waals surface area contributed by atoms with Crippen molar-refractivity contribution >= 4 is 33.3 Å². The van der Waals surface area contributed by atoms with E-state index < -0.39 is 0 Å².